The number of carbonyl (C=O) groups excluding carboxylic acids is 1. The molecule has 0 heterocycles. The highest BCUT2D eigenvalue weighted by molar-refractivity contribution is 5.67. The predicted molar refractivity (Wildman–Crippen MR) is 56.1 cm³/mol. The van der Waals surface area contributed by atoms with Gasteiger partial charge >= 0.3 is 6.09 Å². The molecular weight excluding hydrogens is 178 g/mol. The quantitative estimate of drug-likeness (QED) is 0.699. The van der Waals surface area contributed by atoms with Crippen LogP contribution >= 0.6 is 0 Å². The Morgan fingerprint density at radius 2 is 2.07 bits per heavy atom. The molecule has 1 amide bonds. The van der Waals surface area contributed by atoms with Crippen LogP contribution in [0.3, 0.4) is 0 Å². The van der Waals surface area contributed by atoms with Crippen LogP contribution in [-0.2, 0) is 4.74 Å². The smallest absolute Gasteiger partial charge is 0.409 e. The van der Waals surface area contributed by atoms with Crippen LogP contribution in [0.1, 0.15) is 33.6 Å². The Labute approximate surface area is 86.4 Å². The average Bonchev–Trinajstić information content (AvgIpc) is 2.00. The summed E-state index contributed by atoms with van der Waals surface area (Å²) in [5.41, 5.74) is 0. The summed E-state index contributed by atoms with van der Waals surface area (Å²) in [5.74, 6) is 1.53. The third-order valence-corrected chi connectivity index (χ3v) is 3.20. The normalized spacial score (nSPS) is 25.8. The second-order valence-corrected chi connectivity index (χ2v) is 4.44. The molecule has 0 N–H and O–H groups in total. The average molecular weight is 199 g/mol. The Morgan fingerprint density at radius 3 is 2.50 bits per heavy atom. The summed E-state index contributed by atoms with van der Waals surface area (Å²) in [6.45, 7) is 6.78. The van der Waals surface area contributed by atoms with E-state index in [1.165, 1.54) is 0 Å². The second-order valence-electron chi connectivity index (χ2n) is 4.44. The van der Waals surface area contributed by atoms with Crippen molar-refractivity contribution in [3.8, 4) is 0 Å². The lowest BCUT2D eigenvalue weighted by Crippen LogP contribution is -2.47. The minimum Gasteiger partial charge on any atom is -0.450 e. The fraction of sp³-hybridized carbons (Fsp3) is 0.909. The summed E-state index contributed by atoms with van der Waals surface area (Å²) in [4.78, 5) is 13.1. The molecule has 0 atom stereocenters. The predicted octanol–water partition coefficient (Wildman–Crippen LogP) is 2.51. The Kier molecular flexibility index (Phi) is 3.78. The number of rotatable bonds is 3. The van der Waals surface area contributed by atoms with Gasteiger partial charge < -0.3 is 9.64 Å². The molecule has 0 unspecified atom stereocenters. The molecular formula is C11H21NO2. The standard InChI is InChI=1S/C11H21NO2/c1-5-14-11(13)12(4)10-6-9(7-10)8(2)3/h8-10H,5-7H2,1-4H3/t9-,10-. The van der Waals surface area contributed by atoms with Crippen LogP contribution in [0, 0.1) is 11.8 Å². The first-order valence-electron chi connectivity index (χ1n) is 5.45. The van der Waals surface area contributed by atoms with E-state index in [1.807, 2.05) is 14.0 Å². The Hall–Kier alpha value is -0.730. The van der Waals surface area contributed by atoms with E-state index < -0.39 is 0 Å². The molecule has 3 nitrogen and oxygen atoms in total. The maximum Gasteiger partial charge on any atom is 0.409 e. The lowest BCUT2D eigenvalue weighted by molar-refractivity contribution is 0.0512. The zero-order chi connectivity index (χ0) is 10.7. The molecule has 3 heteroatoms. The largest absolute Gasteiger partial charge is 0.450 e. The molecule has 0 spiro atoms. The SMILES string of the molecule is CCOC(=O)N(C)[C@H]1C[C@H](C(C)C)C1. The minimum atomic E-state index is -0.181. The van der Waals surface area contributed by atoms with Crippen LogP contribution < -0.4 is 0 Å². The Bertz CT molecular complexity index is 197. The van der Waals surface area contributed by atoms with Crippen LogP contribution in [0.15, 0.2) is 0 Å². The first-order valence-corrected chi connectivity index (χ1v) is 5.45. The van der Waals surface area contributed by atoms with Gasteiger partial charge in [0, 0.05) is 13.1 Å². The summed E-state index contributed by atoms with van der Waals surface area (Å²) in [5, 5.41) is 0. The molecule has 1 aliphatic rings. The van der Waals surface area contributed by atoms with Crippen molar-refractivity contribution in [3.63, 3.8) is 0 Å². The van der Waals surface area contributed by atoms with Gasteiger partial charge in [-0.25, -0.2) is 4.79 Å². The van der Waals surface area contributed by atoms with Crippen molar-refractivity contribution in [2.45, 2.75) is 39.7 Å². The van der Waals surface area contributed by atoms with Crippen LogP contribution in [0.2, 0.25) is 0 Å². The van der Waals surface area contributed by atoms with Crippen molar-refractivity contribution in [2.75, 3.05) is 13.7 Å². The van der Waals surface area contributed by atoms with Crippen molar-refractivity contribution >= 4 is 6.09 Å². The van der Waals surface area contributed by atoms with Gasteiger partial charge in [-0.3, -0.25) is 0 Å². The third kappa shape index (κ3) is 2.40. The highest BCUT2D eigenvalue weighted by Gasteiger charge is 2.35. The number of carbonyl (C=O) groups is 1. The fourth-order valence-electron chi connectivity index (χ4n) is 1.86. The lowest BCUT2D eigenvalue weighted by atomic mass is 9.73. The summed E-state index contributed by atoms with van der Waals surface area (Å²) in [6.07, 6.45) is 2.08. The summed E-state index contributed by atoms with van der Waals surface area (Å²) >= 11 is 0. The number of amides is 1. The van der Waals surface area contributed by atoms with Gasteiger partial charge in [0.1, 0.15) is 0 Å². The molecule has 1 saturated carbocycles. The molecule has 82 valence electrons. The highest BCUT2D eigenvalue weighted by Crippen LogP contribution is 2.36. The number of hydrogen-bond acceptors (Lipinski definition) is 2. The summed E-state index contributed by atoms with van der Waals surface area (Å²) in [6, 6.07) is 0.404. The first kappa shape index (κ1) is 11.3. The molecule has 0 saturated heterocycles. The van der Waals surface area contributed by atoms with Gasteiger partial charge in [-0.2, -0.15) is 0 Å². The molecule has 1 aliphatic carbocycles. The zero-order valence-electron chi connectivity index (χ0n) is 9.62. The van der Waals surface area contributed by atoms with Gasteiger partial charge in [0.05, 0.1) is 6.61 Å². The first-order chi connectivity index (χ1) is 6.56. The van der Waals surface area contributed by atoms with Gasteiger partial charge in [0.15, 0.2) is 0 Å². The molecule has 0 aliphatic heterocycles. The highest BCUT2D eigenvalue weighted by atomic mass is 16.6. The van der Waals surface area contributed by atoms with Crippen LogP contribution in [0.25, 0.3) is 0 Å². The van der Waals surface area contributed by atoms with E-state index in [0.29, 0.717) is 12.6 Å². The topological polar surface area (TPSA) is 29.5 Å². The minimum absolute atomic E-state index is 0.181. The molecule has 14 heavy (non-hydrogen) atoms. The van der Waals surface area contributed by atoms with Crippen molar-refractivity contribution in [1.29, 1.82) is 0 Å². The van der Waals surface area contributed by atoms with E-state index in [4.69, 9.17) is 4.74 Å². The van der Waals surface area contributed by atoms with E-state index in [-0.39, 0.29) is 6.09 Å². The van der Waals surface area contributed by atoms with Gasteiger partial charge in [-0.05, 0) is 31.6 Å². The molecule has 0 aromatic rings. The summed E-state index contributed by atoms with van der Waals surface area (Å²) < 4.78 is 4.94. The maximum atomic E-state index is 11.4. The Balaban J connectivity index is 2.28. The lowest BCUT2D eigenvalue weighted by Gasteiger charge is -2.42. The molecule has 1 rings (SSSR count). The van der Waals surface area contributed by atoms with E-state index in [9.17, 15) is 4.79 Å². The van der Waals surface area contributed by atoms with Crippen LogP contribution in [0.4, 0.5) is 4.79 Å². The maximum absolute atomic E-state index is 11.4. The Morgan fingerprint density at radius 1 is 1.50 bits per heavy atom. The van der Waals surface area contributed by atoms with Gasteiger partial charge in [0.25, 0.3) is 0 Å². The van der Waals surface area contributed by atoms with Crippen LogP contribution in [0.5, 0.6) is 0 Å². The van der Waals surface area contributed by atoms with Gasteiger partial charge in [-0.15, -0.1) is 0 Å². The zero-order valence-corrected chi connectivity index (χ0v) is 9.62. The number of nitrogens with zero attached hydrogens (tertiary/aromatic N) is 1. The second kappa shape index (κ2) is 4.67. The van der Waals surface area contributed by atoms with Crippen molar-refractivity contribution < 1.29 is 9.53 Å². The van der Waals surface area contributed by atoms with E-state index in [2.05, 4.69) is 13.8 Å². The van der Waals surface area contributed by atoms with E-state index in [1.54, 1.807) is 4.90 Å². The number of ether oxygens (including phenoxy) is 1. The monoisotopic (exact) mass is 199 g/mol. The van der Waals surface area contributed by atoms with Crippen molar-refractivity contribution in [2.24, 2.45) is 11.8 Å². The molecule has 1 fully saturated rings. The third-order valence-electron chi connectivity index (χ3n) is 3.20. The number of hydrogen-bond donors (Lipinski definition) is 0. The van der Waals surface area contributed by atoms with Gasteiger partial charge in [-0.1, -0.05) is 13.8 Å². The fourth-order valence-corrected chi connectivity index (χ4v) is 1.86. The van der Waals surface area contributed by atoms with Crippen molar-refractivity contribution in [1.82, 2.24) is 4.90 Å². The molecule has 0 aromatic heterocycles. The van der Waals surface area contributed by atoms with E-state index >= 15 is 0 Å². The summed E-state index contributed by atoms with van der Waals surface area (Å²) in [7, 11) is 1.83. The van der Waals surface area contributed by atoms with Crippen LogP contribution in [-0.4, -0.2) is 30.7 Å². The van der Waals surface area contributed by atoms with Crippen molar-refractivity contribution in [3.05, 3.63) is 0 Å². The van der Waals surface area contributed by atoms with E-state index in [0.717, 1.165) is 24.7 Å². The molecule has 0 aromatic carbocycles. The molecule has 0 radical (unpaired) electrons. The van der Waals surface area contributed by atoms with Gasteiger partial charge in [0.2, 0.25) is 0 Å². The molecule has 0 bridgehead atoms.